The van der Waals surface area contributed by atoms with Crippen molar-refractivity contribution in [2.24, 2.45) is 5.73 Å². The van der Waals surface area contributed by atoms with E-state index < -0.39 is 11.6 Å². The number of amides is 1. The lowest BCUT2D eigenvalue weighted by Gasteiger charge is -2.25. The third kappa shape index (κ3) is 3.65. The molecule has 0 radical (unpaired) electrons. The number of hydrogen-bond acceptors (Lipinski definition) is 4. The van der Waals surface area contributed by atoms with Crippen molar-refractivity contribution in [3.05, 3.63) is 52.5 Å². The predicted octanol–water partition coefficient (Wildman–Crippen LogP) is 2.06. The number of carbonyl (C=O) groups is 1. The van der Waals surface area contributed by atoms with Crippen molar-refractivity contribution >= 4 is 17.2 Å². The van der Waals surface area contributed by atoms with E-state index in [0.29, 0.717) is 6.42 Å². The average molecular weight is 289 g/mol. The highest BCUT2D eigenvalue weighted by Gasteiger charge is 2.27. The molecule has 2 rings (SSSR count). The number of benzene rings is 1. The molecule has 20 heavy (non-hydrogen) atoms. The van der Waals surface area contributed by atoms with Gasteiger partial charge in [-0.25, -0.2) is 4.98 Å². The summed E-state index contributed by atoms with van der Waals surface area (Å²) in [6.07, 6.45) is 2.26. The van der Waals surface area contributed by atoms with Gasteiger partial charge in [0.1, 0.15) is 5.01 Å². The Balaban J connectivity index is 1.98. The second-order valence-electron chi connectivity index (χ2n) is 5.25. The molecule has 1 atom stereocenters. The van der Waals surface area contributed by atoms with Crippen LogP contribution in [0.25, 0.3) is 0 Å². The summed E-state index contributed by atoms with van der Waals surface area (Å²) in [5, 5.41) is 5.73. The first-order valence-corrected chi connectivity index (χ1v) is 7.38. The van der Waals surface area contributed by atoms with Crippen molar-refractivity contribution in [1.82, 2.24) is 10.3 Å². The molecule has 0 aliphatic heterocycles. The SMILES string of the molecule is CC(C)(NC(=O)[C@@H](N)Cc1ccccc1)c1nccs1. The number of nitrogens with zero attached hydrogens (tertiary/aromatic N) is 1. The predicted molar refractivity (Wildman–Crippen MR) is 81.4 cm³/mol. The van der Waals surface area contributed by atoms with E-state index in [1.807, 2.05) is 49.6 Å². The Hall–Kier alpha value is -1.72. The second kappa shape index (κ2) is 6.15. The molecule has 0 bridgehead atoms. The minimum absolute atomic E-state index is 0.158. The van der Waals surface area contributed by atoms with Crippen LogP contribution in [0, 0.1) is 0 Å². The molecule has 0 fully saturated rings. The van der Waals surface area contributed by atoms with Crippen LogP contribution >= 0.6 is 11.3 Å². The van der Waals surface area contributed by atoms with Crippen molar-refractivity contribution in [3.63, 3.8) is 0 Å². The maximum Gasteiger partial charge on any atom is 0.238 e. The summed E-state index contributed by atoms with van der Waals surface area (Å²) in [4.78, 5) is 16.4. The molecule has 106 valence electrons. The van der Waals surface area contributed by atoms with Crippen LogP contribution in [0.4, 0.5) is 0 Å². The minimum atomic E-state index is -0.559. The van der Waals surface area contributed by atoms with E-state index in [1.165, 1.54) is 11.3 Å². The van der Waals surface area contributed by atoms with Gasteiger partial charge in [0, 0.05) is 11.6 Å². The molecule has 0 spiro atoms. The van der Waals surface area contributed by atoms with Gasteiger partial charge in [0.2, 0.25) is 5.91 Å². The quantitative estimate of drug-likeness (QED) is 0.885. The van der Waals surface area contributed by atoms with Gasteiger partial charge in [0.15, 0.2) is 0 Å². The molecule has 1 aromatic carbocycles. The number of nitrogens with one attached hydrogen (secondary N) is 1. The third-order valence-electron chi connectivity index (χ3n) is 3.04. The fourth-order valence-electron chi connectivity index (χ4n) is 1.95. The number of nitrogens with two attached hydrogens (primary N) is 1. The fourth-order valence-corrected chi connectivity index (χ4v) is 2.67. The molecule has 0 aliphatic carbocycles. The van der Waals surface area contributed by atoms with Crippen LogP contribution in [0.3, 0.4) is 0 Å². The maximum atomic E-state index is 12.2. The molecule has 1 amide bonds. The fraction of sp³-hybridized carbons (Fsp3) is 0.333. The highest BCUT2D eigenvalue weighted by atomic mass is 32.1. The topological polar surface area (TPSA) is 68.0 Å². The van der Waals surface area contributed by atoms with Gasteiger partial charge in [-0.15, -0.1) is 11.3 Å². The summed E-state index contributed by atoms with van der Waals surface area (Å²) in [6, 6.07) is 9.22. The van der Waals surface area contributed by atoms with Crippen LogP contribution in [0.15, 0.2) is 41.9 Å². The summed E-state index contributed by atoms with van der Waals surface area (Å²) in [5.41, 5.74) is 6.54. The Morgan fingerprint density at radius 3 is 2.70 bits per heavy atom. The maximum absolute atomic E-state index is 12.2. The van der Waals surface area contributed by atoms with Crippen LogP contribution in [-0.2, 0) is 16.8 Å². The van der Waals surface area contributed by atoms with Crippen molar-refractivity contribution < 1.29 is 4.79 Å². The Morgan fingerprint density at radius 1 is 1.40 bits per heavy atom. The first kappa shape index (κ1) is 14.7. The molecule has 2 aromatic rings. The van der Waals surface area contributed by atoms with Gasteiger partial charge in [0.05, 0.1) is 11.6 Å². The van der Waals surface area contributed by atoms with Crippen molar-refractivity contribution in [1.29, 1.82) is 0 Å². The van der Waals surface area contributed by atoms with E-state index in [0.717, 1.165) is 10.6 Å². The van der Waals surface area contributed by atoms with E-state index >= 15 is 0 Å². The Morgan fingerprint density at radius 2 is 2.10 bits per heavy atom. The standard InChI is InChI=1S/C15H19N3OS/c1-15(2,14-17-8-9-20-14)18-13(19)12(16)10-11-6-4-3-5-7-11/h3-9,12H,10,16H2,1-2H3,(H,18,19)/t12-/m0/s1. The van der Waals surface area contributed by atoms with Gasteiger partial charge < -0.3 is 11.1 Å². The lowest BCUT2D eigenvalue weighted by molar-refractivity contribution is -0.124. The van der Waals surface area contributed by atoms with Crippen LogP contribution < -0.4 is 11.1 Å². The lowest BCUT2D eigenvalue weighted by Crippen LogP contribution is -2.49. The number of thiazole rings is 1. The molecule has 0 aliphatic rings. The lowest BCUT2D eigenvalue weighted by atomic mass is 10.0. The largest absolute Gasteiger partial charge is 0.343 e. The first-order valence-electron chi connectivity index (χ1n) is 6.50. The number of aromatic nitrogens is 1. The number of carbonyl (C=O) groups excluding carboxylic acids is 1. The molecule has 0 unspecified atom stereocenters. The highest BCUT2D eigenvalue weighted by Crippen LogP contribution is 2.22. The van der Waals surface area contributed by atoms with Crippen LogP contribution in [-0.4, -0.2) is 16.9 Å². The molecular formula is C15H19N3OS. The zero-order valence-electron chi connectivity index (χ0n) is 11.7. The van der Waals surface area contributed by atoms with Crippen molar-refractivity contribution in [2.75, 3.05) is 0 Å². The summed E-state index contributed by atoms with van der Waals surface area (Å²) in [7, 11) is 0. The highest BCUT2D eigenvalue weighted by molar-refractivity contribution is 7.09. The molecule has 0 saturated heterocycles. The van der Waals surface area contributed by atoms with Crippen LogP contribution in [0.2, 0.25) is 0 Å². The molecule has 3 N–H and O–H groups in total. The molecule has 4 nitrogen and oxygen atoms in total. The molecule has 5 heteroatoms. The van der Waals surface area contributed by atoms with Crippen LogP contribution in [0.1, 0.15) is 24.4 Å². The van der Waals surface area contributed by atoms with E-state index in [4.69, 9.17) is 5.73 Å². The molecule has 1 aromatic heterocycles. The van der Waals surface area contributed by atoms with Gasteiger partial charge in [-0.05, 0) is 25.8 Å². The van der Waals surface area contributed by atoms with Gasteiger partial charge in [0.25, 0.3) is 0 Å². The minimum Gasteiger partial charge on any atom is -0.343 e. The van der Waals surface area contributed by atoms with E-state index in [-0.39, 0.29) is 5.91 Å². The summed E-state index contributed by atoms with van der Waals surface area (Å²) in [6.45, 7) is 3.86. The summed E-state index contributed by atoms with van der Waals surface area (Å²) < 4.78 is 0. The van der Waals surface area contributed by atoms with Gasteiger partial charge >= 0.3 is 0 Å². The smallest absolute Gasteiger partial charge is 0.238 e. The summed E-state index contributed by atoms with van der Waals surface area (Å²) >= 11 is 1.52. The average Bonchev–Trinajstić information content (AvgIpc) is 2.94. The van der Waals surface area contributed by atoms with Gasteiger partial charge in [-0.3, -0.25) is 4.79 Å². The molecule has 0 saturated carbocycles. The number of rotatable bonds is 5. The first-order chi connectivity index (χ1) is 9.49. The normalized spacial score (nSPS) is 12.9. The third-order valence-corrected chi connectivity index (χ3v) is 4.13. The van der Waals surface area contributed by atoms with Crippen LogP contribution in [0.5, 0.6) is 0 Å². The van der Waals surface area contributed by atoms with Crippen molar-refractivity contribution in [2.45, 2.75) is 31.8 Å². The zero-order valence-corrected chi connectivity index (χ0v) is 12.5. The monoisotopic (exact) mass is 289 g/mol. The van der Waals surface area contributed by atoms with E-state index in [9.17, 15) is 4.79 Å². The van der Waals surface area contributed by atoms with Gasteiger partial charge in [-0.2, -0.15) is 0 Å². The zero-order chi connectivity index (χ0) is 14.6. The van der Waals surface area contributed by atoms with Crippen molar-refractivity contribution in [3.8, 4) is 0 Å². The number of hydrogen-bond donors (Lipinski definition) is 2. The Kier molecular flexibility index (Phi) is 4.52. The Labute approximate surface area is 123 Å². The Bertz CT molecular complexity index is 552. The van der Waals surface area contributed by atoms with E-state index in [2.05, 4.69) is 10.3 Å². The van der Waals surface area contributed by atoms with E-state index in [1.54, 1.807) is 6.20 Å². The molecule has 1 heterocycles. The molecular weight excluding hydrogens is 270 g/mol. The second-order valence-corrected chi connectivity index (χ2v) is 6.14. The summed E-state index contributed by atoms with van der Waals surface area (Å²) in [5.74, 6) is -0.158. The van der Waals surface area contributed by atoms with Gasteiger partial charge in [-0.1, -0.05) is 30.3 Å².